The van der Waals surface area contributed by atoms with Gasteiger partial charge in [-0.15, -0.1) is 11.3 Å². The van der Waals surface area contributed by atoms with Gasteiger partial charge in [0.1, 0.15) is 5.76 Å². The molecule has 0 fully saturated rings. The Kier molecular flexibility index (Phi) is 4.52. The van der Waals surface area contributed by atoms with Crippen molar-refractivity contribution >= 4 is 17.2 Å². The van der Waals surface area contributed by atoms with Crippen LogP contribution >= 0.6 is 11.3 Å². The molecule has 0 spiro atoms. The van der Waals surface area contributed by atoms with Gasteiger partial charge in [-0.05, 0) is 46.0 Å². The number of amides is 1. The molecule has 4 nitrogen and oxygen atoms in total. The fraction of sp³-hybridized carbons (Fsp3) is 0.647. The van der Waals surface area contributed by atoms with E-state index in [-0.39, 0.29) is 5.91 Å². The van der Waals surface area contributed by atoms with Gasteiger partial charge in [-0.2, -0.15) is 0 Å². The summed E-state index contributed by atoms with van der Waals surface area (Å²) in [6.45, 7) is 5.47. The third-order valence-electron chi connectivity index (χ3n) is 4.59. The Bertz CT molecular complexity index is 606. The lowest BCUT2D eigenvalue weighted by atomic mass is 9.90. The summed E-state index contributed by atoms with van der Waals surface area (Å²) < 4.78 is 5.53. The zero-order valence-electron chi connectivity index (χ0n) is 13.6. The molecular weight excluding hydrogens is 296 g/mol. The SMILES string of the molecule is CC1=C(C(=O)N(C)C[C@@H]2CCCc3sc(C)nc32)CCCO1. The summed E-state index contributed by atoms with van der Waals surface area (Å²) in [5, 5.41) is 1.14. The summed E-state index contributed by atoms with van der Waals surface area (Å²) in [4.78, 5) is 20.7. The number of rotatable bonds is 3. The molecule has 1 aromatic rings. The molecule has 1 aliphatic heterocycles. The van der Waals surface area contributed by atoms with Crippen LogP contribution in [0, 0.1) is 6.92 Å². The molecule has 22 heavy (non-hydrogen) atoms. The molecular formula is C17H24N2O2S. The van der Waals surface area contributed by atoms with E-state index in [1.54, 1.807) is 0 Å². The van der Waals surface area contributed by atoms with Gasteiger partial charge >= 0.3 is 0 Å². The first-order valence-corrected chi connectivity index (χ1v) is 8.92. The fourth-order valence-electron chi connectivity index (χ4n) is 3.45. The number of thiazole rings is 1. The number of fused-ring (bicyclic) bond motifs is 1. The highest BCUT2D eigenvalue weighted by Gasteiger charge is 2.28. The number of aryl methyl sites for hydroxylation is 2. The van der Waals surface area contributed by atoms with E-state index < -0.39 is 0 Å². The Morgan fingerprint density at radius 3 is 2.95 bits per heavy atom. The van der Waals surface area contributed by atoms with Crippen molar-refractivity contribution in [3.05, 3.63) is 26.9 Å². The molecule has 0 N–H and O–H groups in total. The van der Waals surface area contributed by atoms with Crippen LogP contribution in [-0.2, 0) is 16.0 Å². The molecule has 0 bridgehead atoms. The highest BCUT2D eigenvalue weighted by molar-refractivity contribution is 7.11. The van der Waals surface area contributed by atoms with Gasteiger partial charge in [0.15, 0.2) is 0 Å². The number of likely N-dealkylation sites (N-methyl/N-ethyl adjacent to an activating group) is 1. The first kappa shape index (κ1) is 15.5. The van der Waals surface area contributed by atoms with Crippen LogP contribution < -0.4 is 0 Å². The van der Waals surface area contributed by atoms with Crippen molar-refractivity contribution in [1.29, 1.82) is 0 Å². The second-order valence-electron chi connectivity index (χ2n) is 6.30. The van der Waals surface area contributed by atoms with Gasteiger partial charge in [0.05, 0.1) is 22.9 Å². The number of ether oxygens (including phenoxy) is 1. The molecule has 1 aliphatic carbocycles. The first-order valence-electron chi connectivity index (χ1n) is 8.10. The molecule has 0 saturated carbocycles. The van der Waals surface area contributed by atoms with E-state index in [9.17, 15) is 4.79 Å². The van der Waals surface area contributed by atoms with Crippen molar-refractivity contribution in [2.45, 2.75) is 51.9 Å². The Labute approximate surface area is 136 Å². The maximum atomic E-state index is 12.7. The highest BCUT2D eigenvalue weighted by Crippen LogP contribution is 2.35. The van der Waals surface area contributed by atoms with E-state index in [0.717, 1.165) is 55.2 Å². The molecule has 0 unspecified atom stereocenters. The zero-order valence-corrected chi connectivity index (χ0v) is 14.5. The van der Waals surface area contributed by atoms with Crippen LogP contribution in [0.25, 0.3) is 0 Å². The van der Waals surface area contributed by atoms with Crippen LogP contribution in [-0.4, -0.2) is 36.0 Å². The van der Waals surface area contributed by atoms with Crippen molar-refractivity contribution in [3.8, 4) is 0 Å². The standard InChI is InChI=1S/C17H24N2O2S/c1-11-14(7-5-9-21-11)17(20)19(3)10-13-6-4-8-15-16(13)18-12(2)22-15/h13H,4-10H2,1-3H3/t13-/m0/s1. The maximum Gasteiger partial charge on any atom is 0.252 e. The Morgan fingerprint density at radius 2 is 2.18 bits per heavy atom. The second-order valence-corrected chi connectivity index (χ2v) is 7.59. The van der Waals surface area contributed by atoms with Crippen LogP contribution in [0.4, 0.5) is 0 Å². The lowest BCUT2D eigenvalue weighted by Crippen LogP contribution is -2.34. The average molecular weight is 320 g/mol. The number of carbonyl (C=O) groups excluding carboxylic acids is 1. The van der Waals surface area contributed by atoms with E-state index in [1.165, 1.54) is 17.0 Å². The number of nitrogens with zero attached hydrogens (tertiary/aromatic N) is 2. The normalized spacial score (nSPS) is 21.3. The molecule has 0 aromatic carbocycles. The van der Waals surface area contributed by atoms with E-state index in [1.807, 2.05) is 30.2 Å². The van der Waals surface area contributed by atoms with Crippen LogP contribution in [0.2, 0.25) is 0 Å². The van der Waals surface area contributed by atoms with E-state index in [2.05, 4.69) is 6.92 Å². The molecule has 0 radical (unpaired) electrons. The topological polar surface area (TPSA) is 42.4 Å². The number of aromatic nitrogens is 1. The van der Waals surface area contributed by atoms with Crippen LogP contribution in [0.3, 0.4) is 0 Å². The molecule has 5 heteroatoms. The Balaban J connectivity index is 1.72. The smallest absolute Gasteiger partial charge is 0.252 e. The molecule has 1 aromatic heterocycles. The van der Waals surface area contributed by atoms with E-state index in [0.29, 0.717) is 5.92 Å². The van der Waals surface area contributed by atoms with Crippen LogP contribution in [0.5, 0.6) is 0 Å². The van der Waals surface area contributed by atoms with E-state index >= 15 is 0 Å². The summed E-state index contributed by atoms with van der Waals surface area (Å²) in [6, 6.07) is 0. The molecule has 1 amide bonds. The molecule has 120 valence electrons. The second kappa shape index (κ2) is 6.41. The molecule has 1 atom stereocenters. The lowest BCUT2D eigenvalue weighted by Gasteiger charge is -2.28. The number of hydrogen-bond acceptors (Lipinski definition) is 4. The quantitative estimate of drug-likeness (QED) is 0.857. The lowest BCUT2D eigenvalue weighted by molar-refractivity contribution is -0.126. The van der Waals surface area contributed by atoms with Gasteiger partial charge in [-0.3, -0.25) is 4.79 Å². The third kappa shape index (κ3) is 3.05. The number of hydrogen-bond donors (Lipinski definition) is 0. The van der Waals surface area contributed by atoms with Gasteiger partial charge in [-0.25, -0.2) is 4.98 Å². The van der Waals surface area contributed by atoms with Gasteiger partial charge in [0, 0.05) is 24.4 Å². The van der Waals surface area contributed by atoms with Crippen molar-refractivity contribution in [3.63, 3.8) is 0 Å². The fourth-order valence-corrected chi connectivity index (χ4v) is 4.51. The van der Waals surface area contributed by atoms with Crippen molar-refractivity contribution in [2.24, 2.45) is 0 Å². The van der Waals surface area contributed by atoms with Gasteiger partial charge in [0.25, 0.3) is 5.91 Å². The van der Waals surface area contributed by atoms with Crippen molar-refractivity contribution in [1.82, 2.24) is 9.88 Å². The van der Waals surface area contributed by atoms with Crippen molar-refractivity contribution < 1.29 is 9.53 Å². The average Bonchev–Trinajstić information content (AvgIpc) is 2.88. The minimum atomic E-state index is 0.122. The van der Waals surface area contributed by atoms with Gasteiger partial charge in [0.2, 0.25) is 0 Å². The minimum Gasteiger partial charge on any atom is -0.498 e. The Morgan fingerprint density at radius 1 is 1.36 bits per heavy atom. The number of allylic oxidation sites excluding steroid dienone is 1. The van der Waals surface area contributed by atoms with Crippen LogP contribution in [0.15, 0.2) is 11.3 Å². The van der Waals surface area contributed by atoms with Crippen molar-refractivity contribution in [2.75, 3.05) is 20.2 Å². The Hall–Kier alpha value is -1.36. The van der Waals surface area contributed by atoms with Gasteiger partial charge < -0.3 is 9.64 Å². The summed E-state index contributed by atoms with van der Waals surface area (Å²) in [7, 11) is 1.91. The highest BCUT2D eigenvalue weighted by atomic mass is 32.1. The summed E-state index contributed by atoms with van der Waals surface area (Å²) in [6.07, 6.45) is 5.24. The number of carbonyl (C=O) groups is 1. The predicted octanol–water partition coefficient (Wildman–Crippen LogP) is 3.41. The predicted molar refractivity (Wildman–Crippen MR) is 88.1 cm³/mol. The maximum absolute atomic E-state index is 12.7. The molecule has 2 heterocycles. The summed E-state index contributed by atoms with van der Waals surface area (Å²) >= 11 is 1.81. The summed E-state index contributed by atoms with van der Waals surface area (Å²) in [5.74, 6) is 1.31. The summed E-state index contributed by atoms with van der Waals surface area (Å²) in [5.41, 5.74) is 2.08. The minimum absolute atomic E-state index is 0.122. The zero-order chi connectivity index (χ0) is 15.7. The first-order chi connectivity index (χ1) is 10.6. The molecule has 3 rings (SSSR count). The monoisotopic (exact) mass is 320 g/mol. The molecule has 0 saturated heterocycles. The van der Waals surface area contributed by atoms with Crippen LogP contribution in [0.1, 0.15) is 54.1 Å². The van der Waals surface area contributed by atoms with Gasteiger partial charge in [-0.1, -0.05) is 0 Å². The third-order valence-corrected chi connectivity index (χ3v) is 5.64. The molecule has 2 aliphatic rings. The largest absolute Gasteiger partial charge is 0.498 e. The van der Waals surface area contributed by atoms with E-state index in [4.69, 9.17) is 9.72 Å².